The molecule has 2 fully saturated rings. The predicted molar refractivity (Wildman–Crippen MR) is 74.4 cm³/mol. The number of sulfonamides is 1. The Labute approximate surface area is 119 Å². The van der Waals surface area contributed by atoms with Gasteiger partial charge in [0, 0.05) is 19.1 Å². The summed E-state index contributed by atoms with van der Waals surface area (Å²) in [5.41, 5.74) is 0.469. The summed E-state index contributed by atoms with van der Waals surface area (Å²) in [5.74, 6) is -0.000527. The summed E-state index contributed by atoms with van der Waals surface area (Å²) < 4.78 is 40.1. The largest absolute Gasteiger partial charge is 0.314 e. The Morgan fingerprint density at radius 3 is 2.90 bits per heavy atom. The molecule has 2 heterocycles. The normalized spacial score (nSPS) is 27.5. The summed E-state index contributed by atoms with van der Waals surface area (Å²) in [5, 5.41) is 3.42. The molecule has 0 saturated carbocycles. The molecule has 1 aromatic carbocycles. The molecular weight excluding hydrogens is 279 g/mol. The third kappa shape index (κ3) is 2.36. The molecule has 0 amide bonds. The molecule has 1 N–H and O–H groups in total. The fraction of sp³-hybridized carbons (Fsp3) is 0.571. The van der Waals surface area contributed by atoms with Gasteiger partial charge in [-0.2, -0.15) is 4.31 Å². The molecule has 2 unspecified atom stereocenters. The monoisotopic (exact) mass is 298 g/mol. The van der Waals surface area contributed by atoms with Crippen molar-refractivity contribution in [2.45, 2.75) is 30.7 Å². The molecule has 2 saturated heterocycles. The van der Waals surface area contributed by atoms with E-state index in [4.69, 9.17) is 0 Å². The molecule has 110 valence electrons. The number of piperidine rings is 1. The average Bonchev–Trinajstić information content (AvgIpc) is 2.85. The Bertz CT molecular complexity index is 618. The molecule has 20 heavy (non-hydrogen) atoms. The second kappa shape index (κ2) is 5.09. The maximum atomic E-state index is 13.1. The van der Waals surface area contributed by atoms with Crippen molar-refractivity contribution in [3.05, 3.63) is 29.6 Å². The highest BCUT2D eigenvalue weighted by atomic mass is 32.2. The lowest BCUT2D eigenvalue weighted by Gasteiger charge is -2.34. The van der Waals surface area contributed by atoms with Gasteiger partial charge in [0.1, 0.15) is 5.82 Å². The maximum Gasteiger partial charge on any atom is 0.243 e. The number of hydrogen-bond acceptors (Lipinski definition) is 3. The van der Waals surface area contributed by atoms with Gasteiger partial charge in [0.25, 0.3) is 0 Å². The summed E-state index contributed by atoms with van der Waals surface area (Å²) in [7, 11) is -3.51. The Morgan fingerprint density at radius 2 is 2.15 bits per heavy atom. The van der Waals surface area contributed by atoms with Crippen LogP contribution in [0, 0.1) is 18.7 Å². The quantitative estimate of drug-likeness (QED) is 0.900. The third-order valence-corrected chi connectivity index (χ3v) is 6.40. The van der Waals surface area contributed by atoms with Crippen LogP contribution in [-0.2, 0) is 10.0 Å². The third-order valence-electron chi connectivity index (χ3n) is 4.37. The Morgan fingerprint density at radius 1 is 1.35 bits per heavy atom. The first-order valence-corrected chi connectivity index (χ1v) is 8.42. The zero-order valence-corrected chi connectivity index (χ0v) is 12.3. The van der Waals surface area contributed by atoms with Crippen molar-refractivity contribution in [2.24, 2.45) is 5.92 Å². The van der Waals surface area contributed by atoms with Gasteiger partial charge in [0.15, 0.2) is 0 Å². The lowest BCUT2D eigenvalue weighted by molar-refractivity contribution is 0.247. The summed E-state index contributed by atoms with van der Waals surface area (Å²) in [6.07, 6.45) is 1.88. The summed E-state index contributed by atoms with van der Waals surface area (Å²) >= 11 is 0. The van der Waals surface area contributed by atoms with E-state index >= 15 is 0 Å². The van der Waals surface area contributed by atoms with Crippen LogP contribution in [0.4, 0.5) is 4.39 Å². The van der Waals surface area contributed by atoms with Crippen molar-refractivity contribution in [3.8, 4) is 0 Å². The van der Waals surface area contributed by atoms with Gasteiger partial charge >= 0.3 is 0 Å². The highest BCUT2D eigenvalue weighted by Gasteiger charge is 2.38. The van der Waals surface area contributed by atoms with E-state index in [-0.39, 0.29) is 4.90 Å². The van der Waals surface area contributed by atoms with Crippen LogP contribution in [0.1, 0.15) is 18.4 Å². The molecule has 6 heteroatoms. The average molecular weight is 298 g/mol. The van der Waals surface area contributed by atoms with Crippen molar-refractivity contribution in [2.75, 3.05) is 19.6 Å². The number of nitrogens with zero attached hydrogens (tertiary/aromatic N) is 1. The molecule has 0 spiro atoms. The van der Waals surface area contributed by atoms with E-state index < -0.39 is 15.8 Å². The van der Waals surface area contributed by atoms with Crippen LogP contribution in [0.5, 0.6) is 0 Å². The molecule has 0 aromatic heterocycles. The van der Waals surface area contributed by atoms with E-state index in [0.29, 0.717) is 30.6 Å². The Kier molecular flexibility index (Phi) is 3.56. The number of rotatable bonds is 2. The van der Waals surface area contributed by atoms with Crippen LogP contribution in [0.3, 0.4) is 0 Å². The van der Waals surface area contributed by atoms with Gasteiger partial charge in [-0.1, -0.05) is 0 Å². The van der Waals surface area contributed by atoms with Gasteiger partial charge < -0.3 is 5.32 Å². The molecule has 0 bridgehead atoms. The fourth-order valence-electron chi connectivity index (χ4n) is 3.27. The van der Waals surface area contributed by atoms with Gasteiger partial charge in [-0.25, -0.2) is 12.8 Å². The number of aryl methyl sites for hydroxylation is 1. The Balaban J connectivity index is 1.88. The van der Waals surface area contributed by atoms with Crippen molar-refractivity contribution in [1.29, 1.82) is 0 Å². The molecule has 0 radical (unpaired) electrons. The summed E-state index contributed by atoms with van der Waals surface area (Å²) in [6, 6.07) is 4.32. The summed E-state index contributed by atoms with van der Waals surface area (Å²) in [4.78, 5) is 0.225. The van der Waals surface area contributed by atoms with Crippen molar-refractivity contribution >= 4 is 10.0 Å². The standard InChI is InChI=1S/C14H19FN2O2S/c1-10-8-12(15)2-3-14(10)20(18,19)17-7-5-13-11(9-17)4-6-16-13/h2-3,8,11,13,16H,4-7,9H2,1H3. The SMILES string of the molecule is Cc1cc(F)ccc1S(=O)(=O)N1CCC2NCCC2C1. The molecule has 2 aliphatic rings. The van der Waals surface area contributed by atoms with Crippen molar-refractivity contribution < 1.29 is 12.8 Å². The molecule has 1 aromatic rings. The first kappa shape index (κ1) is 14.0. The second-order valence-electron chi connectivity index (χ2n) is 5.67. The predicted octanol–water partition coefficient (Wildman–Crippen LogP) is 1.51. The zero-order valence-electron chi connectivity index (χ0n) is 11.5. The van der Waals surface area contributed by atoms with Crippen LogP contribution in [0.2, 0.25) is 0 Å². The van der Waals surface area contributed by atoms with Gasteiger partial charge in [0.2, 0.25) is 10.0 Å². The number of nitrogens with one attached hydrogen (secondary N) is 1. The highest BCUT2D eigenvalue weighted by Crippen LogP contribution is 2.29. The maximum absolute atomic E-state index is 13.1. The minimum atomic E-state index is -3.51. The summed E-state index contributed by atoms with van der Waals surface area (Å²) in [6.45, 7) is 3.71. The number of fused-ring (bicyclic) bond motifs is 1. The minimum absolute atomic E-state index is 0.225. The molecular formula is C14H19FN2O2S. The smallest absolute Gasteiger partial charge is 0.243 e. The van der Waals surface area contributed by atoms with E-state index in [1.807, 2.05) is 0 Å². The van der Waals surface area contributed by atoms with Crippen LogP contribution < -0.4 is 5.32 Å². The van der Waals surface area contributed by atoms with E-state index in [2.05, 4.69) is 5.32 Å². The van der Waals surface area contributed by atoms with E-state index in [1.165, 1.54) is 18.2 Å². The van der Waals surface area contributed by atoms with Crippen LogP contribution in [0.25, 0.3) is 0 Å². The van der Waals surface area contributed by atoms with Gasteiger partial charge in [-0.05, 0) is 56.0 Å². The number of halogens is 1. The van der Waals surface area contributed by atoms with Crippen LogP contribution in [-0.4, -0.2) is 38.4 Å². The second-order valence-corrected chi connectivity index (χ2v) is 7.58. The van der Waals surface area contributed by atoms with Gasteiger partial charge in [-0.15, -0.1) is 0 Å². The molecule has 2 aliphatic heterocycles. The lowest BCUT2D eigenvalue weighted by atomic mass is 9.95. The molecule has 0 aliphatic carbocycles. The van der Waals surface area contributed by atoms with E-state index in [9.17, 15) is 12.8 Å². The fourth-order valence-corrected chi connectivity index (χ4v) is 4.99. The first-order valence-electron chi connectivity index (χ1n) is 6.98. The van der Waals surface area contributed by atoms with Crippen LogP contribution >= 0.6 is 0 Å². The lowest BCUT2D eigenvalue weighted by Crippen LogP contribution is -2.46. The Hall–Kier alpha value is -0.980. The zero-order chi connectivity index (χ0) is 14.3. The van der Waals surface area contributed by atoms with Crippen molar-refractivity contribution in [1.82, 2.24) is 9.62 Å². The number of hydrogen-bond donors (Lipinski definition) is 1. The van der Waals surface area contributed by atoms with E-state index in [1.54, 1.807) is 11.2 Å². The molecule has 3 rings (SSSR count). The van der Waals surface area contributed by atoms with E-state index in [0.717, 1.165) is 19.4 Å². The topological polar surface area (TPSA) is 49.4 Å². The van der Waals surface area contributed by atoms with Gasteiger partial charge in [0.05, 0.1) is 4.90 Å². The molecule has 2 atom stereocenters. The van der Waals surface area contributed by atoms with Gasteiger partial charge in [-0.3, -0.25) is 0 Å². The molecule has 4 nitrogen and oxygen atoms in total. The van der Waals surface area contributed by atoms with Crippen LogP contribution in [0.15, 0.2) is 23.1 Å². The minimum Gasteiger partial charge on any atom is -0.314 e. The highest BCUT2D eigenvalue weighted by molar-refractivity contribution is 7.89. The first-order chi connectivity index (χ1) is 9.48. The number of benzene rings is 1. The van der Waals surface area contributed by atoms with Crippen molar-refractivity contribution in [3.63, 3.8) is 0 Å².